The number of furan rings is 1. The molecule has 1 aromatic carbocycles. The van der Waals surface area contributed by atoms with E-state index in [0.29, 0.717) is 18.0 Å². The second-order valence-electron chi connectivity index (χ2n) is 8.51. The molecule has 2 atom stereocenters. The van der Waals surface area contributed by atoms with Crippen LogP contribution in [0.15, 0.2) is 77.7 Å². The van der Waals surface area contributed by atoms with Crippen molar-refractivity contribution in [1.82, 2.24) is 25.2 Å². The highest BCUT2D eigenvalue weighted by molar-refractivity contribution is 5.35. The average Bonchev–Trinajstić information content (AvgIpc) is 3.42. The van der Waals surface area contributed by atoms with Gasteiger partial charge in [-0.1, -0.05) is 30.3 Å². The Kier molecular flexibility index (Phi) is 5.22. The molecule has 0 aliphatic rings. The minimum Gasteiger partial charge on any atom is -0.467 e. The zero-order chi connectivity index (χ0) is 21.2. The van der Waals surface area contributed by atoms with Gasteiger partial charge in [0, 0.05) is 12.4 Å². The smallest absolute Gasteiger partial charge is 0.161 e. The Hall–Kier alpha value is -3.32. The summed E-state index contributed by atoms with van der Waals surface area (Å²) in [5.74, 6) is 1.00. The summed E-state index contributed by atoms with van der Waals surface area (Å²) in [6.45, 7) is 6.20. The Morgan fingerprint density at radius 2 is 1.73 bits per heavy atom. The first kappa shape index (κ1) is 20.0. The molecule has 4 aromatic rings. The molecule has 0 aliphatic heterocycles. The molecule has 0 amide bonds. The van der Waals surface area contributed by atoms with Crippen molar-refractivity contribution in [3.63, 3.8) is 0 Å². The number of benzene rings is 1. The largest absolute Gasteiger partial charge is 0.467 e. The van der Waals surface area contributed by atoms with Crippen LogP contribution in [0.4, 0.5) is 0 Å². The van der Waals surface area contributed by atoms with E-state index in [9.17, 15) is 0 Å². The second kappa shape index (κ2) is 7.84. The lowest BCUT2D eigenvalue weighted by Crippen LogP contribution is -2.47. The molecule has 2 N–H and O–H groups in total. The molecule has 0 bridgehead atoms. The van der Waals surface area contributed by atoms with Crippen LogP contribution in [0.25, 0.3) is 0 Å². The number of hydrogen-bond donors (Lipinski definition) is 1. The number of nitrogens with zero attached hydrogens (tertiary/aromatic N) is 5. The SMILES string of the molecule is CC(C)(C)n1nnnc1C(c1ccncc1)C(N)(Cc1ccccc1)c1ccco1. The van der Waals surface area contributed by atoms with E-state index in [0.717, 1.165) is 11.1 Å². The van der Waals surface area contributed by atoms with Gasteiger partial charge < -0.3 is 10.2 Å². The lowest BCUT2D eigenvalue weighted by Gasteiger charge is -2.37. The van der Waals surface area contributed by atoms with Gasteiger partial charge in [0.15, 0.2) is 5.82 Å². The Balaban J connectivity index is 1.94. The van der Waals surface area contributed by atoms with Crippen LogP contribution in [0.2, 0.25) is 0 Å². The number of aromatic nitrogens is 5. The van der Waals surface area contributed by atoms with Gasteiger partial charge in [-0.3, -0.25) is 4.98 Å². The number of pyridine rings is 1. The molecule has 0 saturated heterocycles. The molecule has 7 nitrogen and oxygen atoms in total. The van der Waals surface area contributed by atoms with Crippen LogP contribution < -0.4 is 5.73 Å². The van der Waals surface area contributed by atoms with Crippen molar-refractivity contribution in [3.05, 3.63) is 96.0 Å². The fourth-order valence-corrected chi connectivity index (χ4v) is 3.89. The summed E-state index contributed by atoms with van der Waals surface area (Å²) in [7, 11) is 0. The van der Waals surface area contributed by atoms with E-state index in [-0.39, 0.29) is 11.5 Å². The van der Waals surface area contributed by atoms with Gasteiger partial charge in [0.1, 0.15) is 5.76 Å². The minimum absolute atomic E-state index is 0.319. The van der Waals surface area contributed by atoms with Crippen molar-refractivity contribution >= 4 is 0 Å². The summed E-state index contributed by atoms with van der Waals surface area (Å²) in [6, 6.07) is 17.9. The highest BCUT2D eigenvalue weighted by Gasteiger charge is 2.45. The van der Waals surface area contributed by atoms with E-state index < -0.39 is 5.54 Å². The van der Waals surface area contributed by atoms with Gasteiger partial charge in [-0.2, -0.15) is 0 Å². The summed E-state index contributed by atoms with van der Waals surface area (Å²) >= 11 is 0. The van der Waals surface area contributed by atoms with Crippen LogP contribution in [0.1, 0.15) is 49.4 Å². The number of tetrazole rings is 1. The quantitative estimate of drug-likeness (QED) is 0.529. The lowest BCUT2D eigenvalue weighted by molar-refractivity contribution is 0.270. The Morgan fingerprint density at radius 3 is 2.37 bits per heavy atom. The topological polar surface area (TPSA) is 95.7 Å². The first-order valence-corrected chi connectivity index (χ1v) is 9.95. The van der Waals surface area contributed by atoms with Crippen LogP contribution in [-0.4, -0.2) is 25.2 Å². The Morgan fingerprint density at radius 1 is 1.00 bits per heavy atom. The first-order chi connectivity index (χ1) is 14.4. The fourth-order valence-electron chi connectivity index (χ4n) is 3.89. The van der Waals surface area contributed by atoms with Gasteiger partial charge in [0.05, 0.1) is 23.3 Å². The zero-order valence-corrected chi connectivity index (χ0v) is 17.4. The summed E-state index contributed by atoms with van der Waals surface area (Å²) in [5.41, 5.74) is 8.08. The second-order valence-corrected chi connectivity index (χ2v) is 8.51. The Labute approximate surface area is 175 Å². The third-order valence-corrected chi connectivity index (χ3v) is 5.26. The van der Waals surface area contributed by atoms with Crippen LogP contribution in [0, 0.1) is 0 Å². The van der Waals surface area contributed by atoms with Crippen LogP contribution in [0.5, 0.6) is 0 Å². The predicted molar refractivity (Wildman–Crippen MR) is 114 cm³/mol. The molecule has 2 unspecified atom stereocenters. The summed E-state index contributed by atoms with van der Waals surface area (Å²) < 4.78 is 7.72. The molecule has 0 saturated carbocycles. The van der Waals surface area contributed by atoms with E-state index in [1.807, 2.05) is 47.1 Å². The maximum Gasteiger partial charge on any atom is 0.161 e. The molecule has 0 fully saturated rings. The fraction of sp³-hybridized carbons (Fsp3) is 0.304. The van der Waals surface area contributed by atoms with Crippen molar-refractivity contribution in [2.24, 2.45) is 5.73 Å². The molecule has 0 radical (unpaired) electrons. The monoisotopic (exact) mass is 402 g/mol. The number of hydrogen-bond acceptors (Lipinski definition) is 6. The van der Waals surface area contributed by atoms with E-state index in [1.54, 1.807) is 18.7 Å². The zero-order valence-electron chi connectivity index (χ0n) is 17.4. The molecule has 4 rings (SSSR count). The maximum atomic E-state index is 7.25. The molecule has 7 heteroatoms. The van der Waals surface area contributed by atoms with Gasteiger partial charge in [-0.15, -0.1) is 5.10 Å². The van der Waals surface area contributed by atoms with E-state index in [4.69, 9.17) is 10.2 Å². The Bertz CT molecular complexity index is 1070. The highest BCUT2D eigenvalue weighted by atomic mass is 16.3. The van der Waals surface area contributed by atoms with Crippen molar-refractivity contribution in [3.8, 4) is 0 Å². The molecule has 3 heterocycles. The van der Waals surface area contributed by atoms with Crippen molar-refractivity contribution in [1.29, 1.82) is 0 Å². The summed E-state index contributed by atoms with van der Waals surface area (Å²) in [6.07, 6.45) is 5.72. The number of rotatable bonds is 6. The molecule has 0 aliphatic carbocycles. The molecular weight excluding hydrogens is 376 g/mol. The third-order valence-electron chi connectivity index (χ3n) is 5.26. The molecule has 3 aromatic heterocycles. The van der Waals surface area contributed by atoms with Crippen molar-refractivity contribution in [2.75, 3.05) is 0 Å². The maximum absolute atomic E-state index is 7.25. The molecule has 0 spiro atoms. The van der Waals surface area contributed by atoms with Gasteiger partial charge in [0.25, 0.3) is 0 Å². The molecule has 154 valence electrons. The molecule has 30 heavy (non-hydrogen) atoms. The van der Waals surface area contributed by atoms with Crippen molar-refractivity contribution in [2.45, 2.75) is 44.2 Å². The highest BCUT2D eigenvalue weighted by Crippen LogP contribution is 2.42. The van der Waals surface area contributed by atoms with Crippen LogP contribution in [0.3, 0.4) is 0 Å². The van der Waals surface area contributed by atoms with E-state index in [2.05, 4.69) is 53.4 Å². The van der Waals surface area contributed by atoms with E-state index >= 15 is 0 Å². The van der Waals surface area contributed by atoms with Gasteiger partial charge >= 0.3 is 0 Å². The average molecular weight is 403 g/mol. The summed E-state index contributed by atoms with van der Waals surface area (Å²) in [4.78, 5) is 4.19. The predicted octanol–water partition coefficient (Wildman–Crippen LogP) is 3.64. The minimum atomic E-state index is -0.927. The van der Waals surface area contributed by atoms with E-state index in [1.165, 1.54) is 0 Å². The normalized spacial score (nSPS) is 14.9. The van der Waals surface area contributed by atoms with Crippen LogP contribution >= 0.6 is 0 Å². The van der Waals surface area contributed by atoms with Gasteiger partial charge in [-0.05, 0) is 73.0 Å². The first-order valence-electron chi connectivity index (χ1n) is 9.95. The van der Waals surface area contributed by atoms with Crippen LogP contribution in [-0.2, 0) is 17.5 Å². The molecular formula is C23H26N6O. The van der Waals surface area contributed by atoms with Gasteiger partial charge in [0.2, 0.25) is 0 Å². The third kappa shape index (κ3) is 3.76. The van der Waals surface area contributed by atoms with Gasteiger partial charge in [-0.25, -0.2) is 4.68 Å². The van der Waals surface area contributed by atoms with Crippen molar-refractivity contribution < 1.29 is 4.42 Å². The number of nitrogens with two attached hydrogens (primary N) is 1. The lowest BCUT2D eigenvalue weighted by atomic mass is 9.73. The summed E-state index contributed by atoms with van der Waals surface area (Å²) in [5, 5.41) is 12.7. The standard InChI is InChI=1S/C23H26N6O/c1-22(2,3)29-21(26-27-28-29)20(18-11-13-25-14-12-18)23(24,19-10-7-15-30-19)16-17-8-5-4-6-9-17/h4-15,20H,16,24H2,1-3H3.